The molecule has 0 saturated carbocycles. The predicted octanol–water partition coefficient (Wildman–Crippen LogP) is 2.52. The van der Waals surface area contributed by atoms with Crippen molar-refractivity contribution in [3.8, 4) is 0 Å². The number of carbonyl (C=O) groups is 1. The first-order valence-corrected chi connectivity index (χ1v) is 9.54. The molecular formula is C18H22N2O3S. The van der Waals surface area contributed by atoms with E-state index in [9.17, 15) is 13.2 Å². The molecule has 2 aromatic carbocycles. The summed E-state index contributed by atoms with van der Waals surface area (Å²) >= 11 is 0. The minimum Gasteiger partial charge on any atom is -0.338 e. The van der Waals surface area contributed by atoms with Gasteiger partial charge < -0.3 is 10.6 Å². The van der Waals surface area contributed by atoms with Crippen molar-refractivity contribution in [1.82, 2.24) is 10.6 Å². The van der Waals surface area contributed by atoms with E-state index in [0.717, 1.165) is 11.1 Å². The fraction of sp³-hybridized carbons (Fsp3) is 0.278. The van der Waals surface area contributed by atoms with Crippen LogP contribution >= 0.6 is 0 Å². The molecule has 0 unspecified atom stereocenters. The van der Waals surface area contributed by atoms with Gasteiger partial charge >= 0.3 is 6.03 Å². The van der Waals surface area contributed by atoms with Crippen molar-refractivity contribution in [3.05, 3.63) is 65.7 Å². The molecule has 2 aromatic rings. The van der Waals surface area contributed by atoms with Gasteiger partial charge in [-0.25, -0.2) is 13.2 Å². The first-order chi connectivity index (χ1) is 11.5. The van der Waals surface area contributed by atoms with E-state index < -0.39 is 9.84 Å². The molecule has 2 amide bonds. The van der Waals surface area contributed by atoms with Crippen LogP contribution in [0.1, 0.15) is 18.1 Å². The number of hydrogen-bond donors (Lipinski definition) is 2. The van der Waals surface area contributed by atoms with Crippen molar-refractivity contribution in [3.63, 3.8) is 0 Å². The largest absolute Gasteiger partial charge is 0.338 e. The lowest BCUT2D eigenvalue weighted by Gasteiger charge is -2.08. The van der Waals surface area contributed by atoms with Crippen molar-refractivity contribution < 1.29 is 13.2 Å². The third-order valence-corrected chi connectivity index (χ3v) is 5.41. The minimum atomic E-state index is -3.16. The highest BCUT2D eigenvalue weighted by atomic mass is 32.2. The summed E-state index contributed by atoms with van der Waals surface area (Å²) < 4.78 is 23.5. The molecule has 0 bridgehead atoms. The van der Waals surface area contributed by atoms with Crippen LogP contribution in [-0.4, -0.2) is 26.7 Å². The normalized spacial score (nSPS) is 11.0. The lowest BCUT2D eigenvalue weighted by Crippen LogP contribution is -2.36. The molecule has 24 heavy (non-hydrogen) atoms. The van der Waals surface area contributed by atoms with E-state index >= 15 is 0 Å². The summed E-state index contributed by atoms with van der Waals surface area (Å²) in [5.41, 5.74) is 2.02. The number of amides is 2. The fourth-order valence-corrected chi connectivity index (χ4v) is 3.08. The van der Waals surface area contributed by atoms with Crippen LogP contribution in [0.15, 0.2) is 59.5 Å². The predicted molar refractivity (Wildman–Crippen MR) is 94.6 cm³/mol. The van der Waals surface area contributed by atoms with Gasteiger partial charge in [-0.3, -0.25) is 0 Å². The highest BCUT2D eigenvalue weighted by molar-refractivity contribution is 7.91. The number of urea groups is 1. The van der Waals surface area contributed by atoms with Gasteiger partial charge in [-0.05, 0) is 29.7 Å². The molecule has 0 aromatic heterocycles. The molecule has 0 atom stereocenters. The van der Waals surface area contributed by atoms with Gasteiger partial charge in [0.25, 0.3) is 0 Å². The summed E-state index contributed by atoms with van der Waals surface area (Å²) in [4.78, 5) is 12.1. The number of carbonyl (C=O) groups excluding carboxylic acids is 1. The number of rotatable bonds is 7. The standard InChI is InChI=1S/C18H22N2O3S/c1-2-24(22,23)17-10-8-15(9-11-17)12-13-19-18(21)20-14-16-6-4-3-5-7-16/h3-11H,2,12-14H2,1H3,(H2,19,20,21). The van der Waals surface area contributed by atoms with Gasteiger partial charge in [-0.2, -0.15) is 0 Å². The highest BCUT2D eigenvalue weighted by Gasteiger charge is 2.10. The van der Waals surface area contributed by atoms with Crippen LogP contribution in [0.2, 0.25) is 0 Å². The number of benzene rings is 2. The molecule has 6 heteroatoms. The van der Waals surface area contributed by atoms with Crippen LogP contribution in [0.4, 0.5) is 4.79 Å². The molecule has 0 saturated heterocycles. The Balaban J connectivity index is 1.74. The van der Waals surface area contributed by atoms with Gasteiger partial charge in [0.1, 0.15) is 0 Å². The van der Waals surface area contributed by atoms with E-state index in [1.54, 1.807) is 31.2 Å². The molecule has 0 heterocycles. The molecule has 128 valence electrons. The van der Waals surface area contributed by atoms with Crippen molar-refractivity contribution in [1.29, 1.82) is 0 Å². The van der Waals surface area contributed by atoms with Crippen molar-refractivity contribution >= 4 is 15.9 Å². The first-order valence-electron chi connectivity index (χ1n) is 7.88. The van der Waals surface area contributed by atoms with Crippen molar-refractivity contribution in [2.24, 2.45) is 0 Å². The fourth-order valence-electron chi connectivity index (χ4n) is 2.19. The van der Waals surface area contributed by atoms with E-state index in [1.165, 1.54) is 0 Å². The zero-order chi connectivity index (χ0) is 17.4. The van der Waals surface area contributed by atoms with E-state index in [0.29, 0.717) is 24.4 Å². The van der Waals surface area contributed by atoms with Crippen LogP contribution in [0, 0.1) is 0 Å². The van der Waals surface area contributed by atoms with Crippen LogP contribution < -0.4 is 10.6 Å². The first kappa shape index (κ1) is 18.0. The third-order valence-electron chi connectivity index (χ3n) is 3.66. The van der Waals surface area contributed by atoms with Gasteiger partial charge in [-0.15, -0.1) is 0 Å². The summed E-state index contributed by atoms with van der Waals surface area (Å²) in [6.45, 7) is 2.60. The van der Waals surface area contributed by atoms with E-state index in [2.05, 4.69) is 10.6 Å². The maximum atomic E-state index is 11.7. The second kappa shape index (κ2) is 8.49. The monoisotopic (exact) mass is 346 g/mol. The van der Waals surface area contributed by atoms with Crippen LogP contribution in [0.5, 0.6) is 0 Å². The van der Waals surface area contributed by atoms with Crippen LogP contribution in [-0.2, 0) is 22.8 Å². The Bertz CT molecular complexity index is 757. The van der Waals surface area contributed by atoms with Crippen LogP contribution in [0.3, 0.4) is 0 Å². The maximum absolute atomic E-state index is 11.7. The SMILES string of the molecule is CCS(=O)(=O)c1ccc(CCNC(=O)NCc2ccccc2)cc1. The number of hydrogen-bond acceptors (Lipinski definition) is 3. The topological polar surface area (TPSA) is 75.3 Å². The Hall–Kier alpha value is -2.34. The van der Waals surface area contributed by atoms with Gasteiger partial charge in [0.05, 0.1) is 10.6 Å². The Morgan fingerprint density at radius 3 is 2.21 bits per heavy atom. The summed E-state index contributed by atoms with van der Waals surface area (Å²) in [6, 6.07) is 16.3. The lowest BCUT2D eigenvalue weighted by molar-refractivity contribution is 0.240. The summed E-state index contributed by atoms with van der Waals surface area (Å²) in [7, 11) is -3.16. The van der Waals surface area contributed by atoms with Gasteiger partial charge in [-0.1, -0.05) is 49.4 Å². The van der Waals surface area contributed by atoms with E-state index in [4.69, 9.17) is 0 Å². The summed E-state index contributed by atoms with van der Waals surface area (Å²) in [5.74, 6) is 0.0927. The molecule has 0 fully saturated rings. The molecule has 0 aliphatic carbocycles. The van der Waals surface area contributed by atoms with Crippen molar-refractivity contribution in [2.75, 3.05) is 12.3 Å². The molecular weight excluding hydrogens is 324 g/mol. The van der Waals surface area contributed by atoms with Gasteiger partial charge in [0.15, 0.2) is 9.84 Å². The second-order valence-electron chi connectivity index (χ2n) is 5.39. The number of nitrogens with one attached hydrogen (secondary N) is 2. The quantitative estimate of drug-likeness (QED) is 0.809. The van der Waals surface area contributed by atoms with Gasteiger partial charge in [0, 0.05) is 13.1 Å². The molecule has 0 aliphatic rings. The highest BCUT2D eigenvalue weighted by Crippen LogP contribution is 2.12. The minimum absolute atomic E-state index is 0.0927. The second-order valence-corrected chi connectivity index (χ2v) is 7.67. The average Bonchev–Trinajstić information content (AvgIpc) is 2.61. The zero-order valence-electron chi connectivity index (χ0n) is 13.7. The molecule has 0 spiro atoms. The third kappa shape index (κ3) is 5.38. The number of sulfone groups is 1. The molecule has 2 rings (SSSR count). The average molecular weight is 346 g/mol. The lowest BCUT2D eigenvalue weighted by atomic mass is 10.1. The van der Waals surface area contributed by atoms with Crippen molar-refractivity contribution in [2.45, 2.75) is 24.8 Å². The summed E-state index contributed by atoms with van der Waals surface area (Å²) in [6.07, 6.45) is 0.644. The maximum Gasteiger partial charge on any atom is 0.315 e. The Kier molecular flexibility index (Phi) is 6.37. The molecule has 5 nitrogen and oxygen atoms in total. The molecule has 0 aliphatic heterocycles. The Labute approximate surface area is 143 Å². The zero-order valence-corrected chi connectivity index (χ0v) is 14.5. The molecule has 0 radical (unpaired) electrons. The molecule has 2 N–H and O–H groups in total. The summed E-state index contributed by atoms with van der Waals surface area (Å²) in [5, 5.41) is 5.58. The Morgan fingerprint density at radius 1 is 0.917 bits per heavy atom. The Morgan fingerprint density at radius 2 is 1.58 bits per heavy atom. The van der Waals surface area contributed by atoms with Gasteiger partial charge in [0.2, 0.25) is 0 Å². The van der Waals surface area contributed by atoms with E-state index in [-0.39, 0.29) is 11.8 Å². The smallest absolute Gasteiger partial charge is 0.315 e. The van der Waals surface area contributed by atoms with E-state index in [1.807, 2.05) is 30.3 Å². The van der Waals surface area contributed by atoms with Crippen LogP contribution in [0.25, 0.3) is 0 Å².